The lowest BCUT2D eigenvalue weighted by Crippen LogP contribution is -2.16. The summed E-state index contributed by atoms with van der Waals surface area (Å²) in [5, 5.41) is 17.9. The first-order chi connectivity index (χ1) is 12.5. The summed E-state index contributed by atoms with van der Waals surface area (Å²) >= 11 is 0. The van der Waals surface area contributed by atoms with Gasteiger partial charge < -0.3 is 10.1 Å². The average molecular weight is 352 g/mol. The number of carbonyl (C=O) groups is 1. The number of hydrogen-bond donors (Lipinski definition) is 1. The number of amides is 1. The zero-order valence-corrected chi connectivity index (χ0v) is 14.2. The van der Waals surface area contributed by atoms with Gasteiger partial charge in [-0.05, 0) is 31.2 Å². The minimum atomic E-state index is -0.470. The second-order valence-corrected chi connectivity index (χ2v) is 5.51. The third-order valence-corrected chi connectivity index (χ3v) is 3.73. The van der Waals surface area contributed by atoms with E-state index in [2.05, 4.69) is 10.4 Å². The molecule has 26 heavy (non-hydrogen) atoms. The zero-order valence-electron chi connectivity index (χ0n) is 14.2. The normalized spacial score (nSPS) is 10.4. The quantitative estimate of drug-likeness (QED) is 0.561. The highest BCUT2D eigenvalue weighted by molar-refractivity contribution is 6.05. The van der Waals surface area contributed by atoms with Crippen LogP contribution in [-0.2, 0) is 0 Å². The highest BCUT2D eigenvalue weighted by atomic mass is 16.6. The van der Waals surface area contributed by atoms with Crippen LogP contribution < -0.4 is 10.1 Å². The van der Waals surface area contributed by atoms with Crippen molar-refractivity contribution in [3.05, 3.63) is 76.0 Å². The van der Waals surface area contributed by atoms with Crippen molar-refractivity contribution in [1.82, 2.24) is 9.78 Å². The number of anilines is 1. The molecule has 132 valence electrons. The summed E-state index contributed by atoms with van der Waals surface area (Å²) in [5.41, 5.74) is 1.67. The number of non-ortho nitro benzene ring substituents is 1. The summed E-state index contributed by atoms with van der Waals surface area (Å²) in [4.78, 5) is 22.9. The van der Waals surface area contributed by atoms with Crippen molar-refractivity contribution < 1.29 is 14.5 Å². The van der Waals surface area contributed by atoms with Crippen LogP contribution in [0.25, 0.3) is 5.69 Å². The van der Waals surface area contributed by atoms with Crippen molar-refractivity contribution in [2.24, 2.45) is 0 Å². The molecule has 0 fully saturated rings. The first kappa shape index (κ1) is 17.2. The predicted octanol–water partition coefficient (Wildman–Crippen LogP) is 3.35. The van der Waals surface area contributed by atoms with Gasteiger partial charge in [0, 0.05) is 18.2 Å². The number of nitro benzene ring substituents is 1. The molecule has 0 aliphatic rings. The third kappa shape index (κ3) is 3.39. The Labute approximate surface area is 149 Å². The van der Waals surface area contributed by atoms with Crippen molar-refractivity contribution in [3.63, 3.8) is 0 Å². The number of carbonyl (C=O) groups excluding carboxylic acids is 1. The van der Waals surface area contributed by atoms with Crippen LogP contribution in [-0.4, -0.2) is 27.7 Å². The highest BCUT2D eigenvalue weighted by Gasteiger charge is 2.16. The lowest BCUT2D eigenvalue weighted by molar-refractivity contribution is -0.384. The van der Waals surface area contributed by atoms with Gasteiger partial charge in [-0.25, -0.2) is 4.68 Å². The molecule has 8 nitrogen and oxygen atoms in total. The molecule has 3 aromatic rings. The molecule has 0 saturated carbocycles. The molecule has 2 aromatic carbocycles. The highest BCUT2D eigenvalue weighted by Crippen LogP contribution is 2.23. The molecule has 3 rings (SSSR count). The fourth-order valence-electron chi connectivity index (χ4n) is 2.52. The van der Waals surface area contributed by atoms with Crippen LogP contribution in [0.1, 0.15) is 16.1 Å². The van der Waals surface area contributed by atoms with E-state index in [0.717, 1.165) is 0 Å². The molecule has 0 radical (unpaired) electrons. The summed E-state index contributed by atoms with van der Waals surface area (Å²) in [7, 11) is 1.50. The van der Waals surface area contributed by atoms with Crippen molar-refractivity contribution >= 4 is 17.4 Å². The number of hydrogen-bond acceptors (Lipinski definition) is 5. The number of para-hydroxylation sites is 1. The fraction of sp³-hybridized carbons (Fsp3) is 0.111. The molecular formula is C18H16N4O4. The number of aromatic nitrogens is 2. The van der Waals surface area contributed by atoms with Gasteiger partial charge in [0.1, 0.15) is 11.6 Å². The molecule has 0 spiro atoms. The fourth-order valence-corrected chi connectivity index (χ4v) is 2.52. The van der Waals surface area contributed by atoms with Gasteiger partial charge in [-0.15, -0.1) is 0 Å². The van der Waals surface area contributed by atoms with Crippen LogP contribution in [0.2, 0.25) is 0 Å². The van der Waals surface area contributed by atoms with Gasteiger partial charge in [0.05, 0.1) is 29.0 Å². The number of methoxy groups -OCH3 is 1. The second-order valence-electron chi connectivity index (χ2n) is 5.51. The third-order valence-electron chi connectivity index (χ3n) is 3.73. The maximum absolute atomic E-state index is 12.6. The number of rotatable bonds is 5. The van der Waals surface area contributed by atoms with E-state index in [1.165, 1.54) is 23.9 Å². The monoisotopic (exact) mass is 352 g/mol. The zero-order chi connectivity index (χ0) is 18.7. The Bertz CT molecular complexity index is 964. The Morgan fingerprint density at radius 2 is 1.88 bits per heavy atom. The van der Waals surface area contributed by atoms with Crippen LogP contribution in [0.4, 0.5) is 11.5 Å². The molecule has 0 aliphatic carbocycles. The van der Waals surface area contributed by atoms with Gasteiger partial charge in [-0.2, -0.15) is 5.10 Å². The van der Waals surface area contributed by atoms with E-state index in [-0.39, 0.29) is 11.6 Å². The molecule has 1 aromatic heterocycles. The largest absolute Gasteiger partial charge is 0.496 e. The molecule has 1 heterocycles. The van der Waals surface area contributed by atoms with E-state index in [0.29, 0.717) is 28.5 Å². The smallest absolute Gasteiger partial charge is 0.269 e. The summed E-state index contributed by atoms with van der Waals surface area (Å²) < 4.78 is 6.73. The molecular weight excluding hydrogens is 336 g/mol. The number of nitrogens with zero attached hydrogens (tertiary/aromatic N) is 3. The van der Waals surface area contributed by atoms with Crippen molar-refractivity contribution in [3.8, 4) is 11.4 Å². The van der Waals surface area contributed by atoms with Gasteiger partial charge >= 0.3 is 0 Å². The summed E-state index contributed by atoms with van der Waals surface area (Å²) in [5.74, 6) is 0.570. The summed E-state index contributed by atoms with van der Waals surface area (Å²) in [6, 6.07) is 14.5. The van der Waals surface area contributed by atoms with E-state index in [4.69, 9.17) is 4.74 Å². The molecule has 8 heteroatoms. The van der Waals surface area contributed by atoms with E-state index in [1.807, 2.05) is 0 Å². The van der Waals surface area contributed by atoms with Crippen LogP contribution in [0.3, 0.4) is 0 Å². The van der Waals surface area contributed by atoms with Crippen LogP contribution in [0, 0.1) is 17.0 Å². The lowest BCUT2D eigenvalue weighted by Gasteiger charge is -2.11. The van der Waals surface area contributed by atoms with Gasteiger partial charge in [-0.3, -0.25) is 14.9 Å². The molecule has 1 N–H and O–H groups in total. The van der Waals surface area contributed by atoms with Crippen LogP contribution in [0.15, 0.2) is 54.6 Å². The number of aryl methyl sites for hydroxylation is 1. The Morgan fingerprint density at radius 1 is 1.19 bits per heavy atom. The molecule has 1 amide bonds. The number of ether oxygens (including phenoxy) is 1. The molecule has 0 bridgehead atoms. The van der Waals surface area contributed by atoms with Crippen molar-refractivity contribution in [1.29, 1.82) is 0 Å². The van der Waals surface area contributed by atoms with Gasteiger partial charge in [-0.1, -0.05) is 12.1 Å². The predicted molar refractivity (Wildman–Crippen MR) is 95.9 cm³/mol. The average Bonchev–Trinajstić information content (AvgIpc) is 3.01. The van der Waals surface area contributed by atoms with E-state index >= 15 is 0 Å². The first-order valence-electron chi connectivity index (χ1n) is 7.75. The Morgan fingerprint density at radius 3 is 2.54 bits per heavy atom. The topological polar surface area (TPSA) is 99.3 Å². The minimum Gasteiger partial charge on any atom is -0.496 e. The molecule has 0 saturated heterocycles. The second kappa shape index (κ2) is 7.06. The summed E-state index contributed by atoms with van der Waals surface area (Å²) in [6.45, 7) is 1.79. The maximum atomic E-state index is 12.6. The van der Waals surface area contributed by atoms with Gasteiger partial charge in [0.2, 0.25) is 0 Å². The van der Waals surface area contributed by atoms with Crippen molar-refractivity contribution in [2.45, 2.75) is 6.92 Å². The van der Waals surface area contributed by atoms with Gasteiger partial charge in [0.15, 0.2) is 0 Å². The van der Waals surface area contributed by atoms with Crippen molar-refractivity contribution in [2.75, 3.05) is 12.4 Å². The number of benzene rings is 2. The molecule has 0 unspecified atom stereocenters. The number of nitrogens with one attached hydrogen (secondary N) is 1. The van der Waals surface area contributed by atoms with Gasteiger partial charge in [0.25, 0.3) is 11.6 Å². The molecule has 0 atom stereocenters. The maximum Gasteiger partial charge on any atom is 0.269 e. The van der Waals surface area contributed by atoms with Crippen LogP contribution >= 0.6 is 0 Å². The Hall–Kier alpha value is -3.68. The Balaban J connectivity index is 1.92. The SMILES string of the molecule is COc1ccccc1C(=O)Nc1cc(C)nn1-c1ccc([N+](=O)[O-])cc1. The summed E-state index contributed by atoms with van der Waals surface area (Å²) in [6.07, 6.45) is 0. The first-order valence-corrected chi connectivity index (χ1v) is 7.75. The minimum absolute atomic E-state index is 0.0164. The van der Waals surface area contributed by atoms with E-state index in [9.17, 15) is 14.9 Å². The van der Waals surface area contributed by atoms with E-state index in [1.54, 1.807) is 49.4 Å². The van der Waals surface area contributed by atoms with E-state index < -0.39 is 4.92 Å². The Kier molecular flexibility index (Phi) is 4.66. The standard InChI is InChI=1S/C18H16N4O4/c1-12-11-17(19-18(23)15-5-3-4-6-16(15)26-2)21(20-12)13-7-9-14(10-8-13)22(24)25/h3-11H,1-2H3,(H,19,23). The molecule has 0 aliphatic heterocycles. The lowest BCUT2D eigenvalue weighted by atomic mass is 10.2. The van der Waals surface area contributed by atoms with Crippen LogP contribution in [0.5, 0.6) is 5.75 Å². The number of nitro groups is 1.